The Balaban J connectivity index is 2.42. The van der Waals surface area contributed by atoms with Crippen molar-refractivity contribution in [2.24, 2.45) is 5.73 Å². The van der Waals surface area contributed by atoms with Crippen molar-refractivity contribution in [3.05, 3.63) is 42.0 Å². The van der Waals surface area contributed by atoms with Gasteiger partial charge in [-0.2, -0.15) is 0 Å². The number of rotatable bonds is 3. The molecule has 0 atom stereocenters. The zero-order valence-electron chi connectivity index (χ0n) is 8.73. The van der Waals surface area contributed by atoms with E-state index in [1.807, 2.05) is 25.1 Å². The Bertz CT molecular complexity index is 448. The van der Waals surface area contributed by atoms with Crippen LogP contribution in [-0.2, 0) is 6.42 Å². The Morgan fingerprint density at radius 1 is 1.33 bits per heavy atom. The van der Waals surface area contributed by atoms with Crippen molar-refractivity contribution >= 4 is 0 Å². The maximum Gasteiger partial charge on any atom is 0.191 e. The largest absolute Gasteiger partial charge is 0.449 e. The van der Waals surface area contributed by atoms with Gasteiger partial charge in [0.1, 0.15) is 12.0 Å². The summed E-state index contributed by atoms with van der Waals surface area (Å²) in [5, 5.41) is 0. The van der Waals surface area contributed by atoms with Gasteiger partial charge in [-0.05, 0) is 18.5 Å². The average molecular weight is 202 g/mol. The first-order valence-electron chi connectivity index (χ1n) is 5.01. The Labute approximate surface area is 88.9 Å². The van der Waals surface area contributed by atoms with E-state index >= 15 is 0 Å². The maximum atomic E-state index is 5.57. The Morgan fingerprint density at radius 2 is 2.13 bits per heavy atom. The minimum atomic E-state index is 0.647. The van der Waals surface area contributed by atoms with Gasteiger partial charge in [-0.1, -0.05) is 24.3 Å². The second kappa shape index (κ2) is 4.28. The van der Waals surface area contributed by atoms with Gasteiger partial charge in [0, 0.05) is 12.5 Å². The van der Waals surface area contributed by atoms with Gasteiger partial charge in [-0.3, -0.25) is 0 Å². The van der Waals surface area contributed by atoms with Crippen molar-refractivity contribution in [3.8, 4) is 11.3 Å². The molecule has 0 fully saturated rings. The molecular weight excluding hydrogens is 188 g/mol. The molecule has 0 aliphatic carbocycles. The first kappa shape index (κ1) is 9.93. The molecule has 2 rings (SSSR count). The van der Waals surface area contributed by atoms with Crippen molar-refractivity contribution in [3.63, 3.8) is 0 Å². The number of hydrogen-bond acceptors (Lipinski definition) is 3. The van der Waals surface area contributed by atoms with Crippen molar-refractivity contribution in [1.82, 2.24) is 4.98 Å². The monoisotopic (exact) mass is 202 g/mol. The molecular formula is C12H14N2O. The third-order valence-electron chi connectivity index (χ3n) is 2.33. The maximum absolute atomic E-state index is 5.57. The van der Waals surface area contributed by atoms with E-state index in [0.717, 1.165) is 17.7 Å². The van der Waals surface area contributed by atoms with E-state index in [-0.39, 0.29) is 0 Å². The summed E-state index contributed by atoms with van der Waals surface area (Å²) < 4.78 is 5.21. The molecule has 0 aliphatic rings. The van der Waals surface area contributed by atoms with E-state index in [0.29, 0.717) is 12.4 Å². The van der Waals surface area contributed by atoms with Gasteiger partial charge >= 0.3 is 0 Å². The molecule has 0 bridgehead atoms. The van der Waals surface area contributed by atoms with Crippen LogP contribution >= 0.6 is 0 Å². The van der Waals surface area contributed by atoms with E-state index in [2.05, 4.69) is 11.1 Å². The summed E-state index contributed by atoms with van der Waals surface area (Å²) in [5.41, 5.74) is 8.78. The molecule has 1 heterocycles. The van der Waals surface area contributed by atoms with Gasteiger partial charge in [-0.25, -0.2) is 4.98 Å². The Morgan fingerprint density at radius 3 is 2.80 bits per heavy atom. The highest BCUT2D eigenvalue weighted by atomic mass is 16.3. The second-order valence-corrected chi connectivity index (χ2v) is 3.45. The lowest BCUT2D eigenvalue weighted by atomic mass is 10.0. The van der Waals surface area contributed by atoms with Gasteiger partial charge in [0.15, 0.2) is 5.89 Å². The number of oxazole rings is 1. The van der Waals surface area contributed by atoms with Crippen LogP contribution in [0.4, 0.5) is 0 Å². The lowest BCUT2D eigenvalue weighted by molar-refractivity contribution is 0.521. The number of nitrogens with two attached hydrogens (primary N) is 1. The molecule has 2 aromatic rings. The van der Waals surface area contributed by atoms with Crippen molar-refractivity contribution in [2.45, 2.75) is 13.3 Å². The molecule has 3 heteroatoms. The zero-order chi connectivity index (χ0) is 10.7. The molecule has 0 aliphatic heterocycles. The standard InChI is InChI=1S/C12H14N2O/c1-9-14-12(8-15-9)11-5-3-2-4-10(11)6-7-13/h2-5,8H,6-7,13H2,1H3. The Kier molecular flexibility index (Phi) is 2.83. The lowest BCUT2D eigenvalue weighted by Gasteiger charge is -2.04. The highest BCUT2D eigenvalue weighted by Gasteiger charge is 2.07. The molecule has 2 N–H and O–H groups in total. The van der Waals surface area contributed by atoms with Gasteiger partial charge in [0.2, 0.25) is 0 Å². The highest BCUT2D eigenvalue weighted by molar-refractivity contribution is 5.62. The van der Waals surface area contributed by atoms with Crippen LogP contribution in [0.3, 0.4) is 0 Å². The number of aryl methyl sites for hydroxylation is 1. The van der Waals surface area contributed by atoms with Gasteiger partial charge in [0.05, 0.1) is 0 Å². The molecule has 1 aromatic carbocycles. The van der Waals surface area contributed by atoms with Crippen LogP contribution in [0.2, 0.25) is 0 Å². The van der Waals surface area contributed by atoms with Crippen LogP contribution in [0.15, 0.2) is 34.9 Å². The minimum Gasteiger partial charge on any atom is -0.449 e. The van der Waals surface area contributed by atoms with E-state index in [1.165, 1.54) is 5.56 Å². The molecule has 3 nitrogen and oxygen atoms in total. The summed E-state index contributed by atoms with van der Waals surface area (Å²) in [4.78, 5) is 4.32. The van der Waals surface area contributed by atoms with E-state index in [4.69, 9.17) is 10.2 Å². The van der Waals surface area contributed by atoms with Crippen molar-refractivity contribution in [1.29, 1.82) is 0 Å². The van der Waals surface area contributed by atoms with E-state index in [1.54, 1.807) is 6.26 Å². The van der Waals surface area contributed by atoms with Crippen LogP contribution in [0, 0.1) is 6.92 Å². The van der Waals surface area contributed by atoms with Crippen LogP contribution < -0.4 is 5.73 Å². The zero-order valence-corrected chi connectivity index (χ0v) is 8.73. The molecule has 15 heavy (non-hydrogen) atoms. The van der Waals surface area contributed by atoms with E-state index in [9.17, 15) is 0 Å². The predicted molar refractivity (Wildman–Crippen MR) is 59.4 cm³/mol. The fourth-order valence-electron chi connectivity index (χ4n) is 1.63. The molecule has 0 amide bonds. The number of aromatic nitrogens is 1. The van der Waals surface area contributed by atoms with Crippen LogP contribution in [0.1, 0.15) is 11.5 Å². The van der Waals surface area contributed by atoms with Gasteiger partial charge in [0.25, 0.3) is 0 Å². The molecule has 1 aromatic heterocycles. The van der Waals surface area contributed by atoms with Crippen molar-refractivity contribution in [2.75, 3.05) is 6.54 Å². The smallest absolute Gasteiger partial charge is 0.191 e. The summed E-state index contributed by atoms with van der Waals surface area (Å²) >= 11 is 0. The predicted octanol–water partition coefficient (Wildman–Crippen LogP) is 2.15. The highest BCUT2D eigenvalue weighted by Crippen LogP contribution is 2.22. The van der Waals surface area contributed by atoms with Crippen molar-refractivity contribution < 1.29 is 4.42 Å². The summed E-state index contributed by atoms with van der Waals surface area (Å²) in [6.07, 6.45) is 2.55. The molecule has 0 radical (unpaired) electrons. The van der Waals surface area contributed by atoms with Crippen LogP contribution in [0.25, 0.3) is 11.3 Å². The molecule has 0 unspecified atom stereocenters. The normalized spacial score (nSPS) is 10.5. The molecule has 78 valence electrons. The fraction of sp³-hybridized carbons (Fsp3) is 0.250. The Hall–Kier alpha value is -1.61. The number of benzene rings is 1. The quantitative estimate of drug-likeness (QED) is 0.829. The number of nitrogens with zero attached hydrogens (tertiary/aromatic N) is 1. The average Bonchev–Trinajstić information content (AvgIpc) is 2.66. The summed E-state index contributed by atoms with van der Waals surface area (Å²) in [5.74, 6) is 0.688. The topological polar surface area (TPSA) is 52.0 Å². The molecule has 0 saturated carbocycles. The lowest BCUT2D eigenvalue weighted by Crippen LogP contribution is -2.03. The van der Waals surface area contributed by atoms with Crippen LogP contribution in [0.5, 0.6) is 0 Å². The van der Waals surface area contributed by atoms with Gasteiger partial charge in [-0.15, -0.1) is 0 Å². The second-order valence-electron chi connectivity index (χ2n) is 3.45. The third-order valence-corrected chi connectivity index (χ3v) is 2.33. The first-order chi connectivity index (χ1) is 7.31. The third kappa shape index (κ3) is 2.07. The van der Waals surface area contributed by atoms with Crippen LogP contribution in [-0.4, -0.2) is 11.5 Å². The summed E-state index contributed by atoms with van der Waals surface area (Å²) in [6.45, 7) is 2.49. The SMILES string of the molecule is Cc1nc(-c2ccccc2CCN)co1. The van der Waals surface area contributed by atoms with E-state index < -0.39 is 0 Å². The molecule has 0 spiro atoms. The summed E-state index contributed by atoms with van der Waals surface area (Å²) in [6, 6.07) is 8.13. The number of hydrogen-bond donors (Lipinski definition) is 1. The first-order valence-corrected chi connectivity index (χ1v) is 5.01. The summed E-state index contributed by atoms with van der Waals surface area (Å²) in [7, 11) is 0. The fourth-order valence-corrected chi connectivity index (χ4v) is 1.63. The minimum absolute atomic E-state index is 0.647. The van der Waals surface area contributed by atoms with Gasteiger partial charge < -0.3 is 10.2 Å². The molecule has 0 saturated heterocycles.